The smallest absolute Gasteiger partial charge is 0.286 e. The summed E-state index contributed by atoms with van der Waals surface area (Å²) in [5, 5.41) is 5.83. The molecule has 0 bridgehead atoms. The minimum absolute atomic E-state index is 0.00718. The predicted molar refractivity (Wildman–Crippen MR) is 205 cm³/mol. The Morgan fingerprint density at radius 3 is 1.45 bits per heavy atom. The molecule has 2 heterocycles. The van der Waals surface area contributed by atoms with Crippen molar-refractivity contribution in [3.05, 3.63) is 128 Å². The summed E-state index contributed by atoms with van der Waals surface area (Å²) in [4.78, 5) is 25.7. The van der Waals surface area contributed by atoms with Crippen molar-refractivity contribution in [2.45, 2.75) is 123 Å². The molecule has 0 saturated heterocycles. The van der Waals surface area contributed by atoms with Gasteiger partial charge in [-0.25, -0.2) is 0 Å². The lowest BCUT2D eigenvalue weighted by Gasteiger charge is -2.42. The average molecular weight is 689 g/mol. The maximum absolute atomic E-state index is 12.9. The van der Waals surface area contributed by atoms with Crippen LogP contribution in [0.15, 0.2) is 69.5 Å². The zero-order chi connectivity index (χ0) is 36.9. The number of amides is 2. The summed E-state index contributed by atoms with van der Waals surface area (Å²) in [6, 6.07) is 16.6. The Hall–Kier alpha value is -4.32. The van der Waals surface area contributed by atoms with E-state index in [9.17, 15) is 9.59 Å². The Kier molecular flexibility index (Phi) is 9.54. The van der Waals surface area contributed by atoms with Crippen molar-refractivity contribution in [1.82, 2.24) is 10.6 Å². The predicted octanol–water partition coefficient (Wildman–Crippen LogP) is 9.69. The van der Waals surface area contributed by atoms with E-state index in [4.69, 9.17) is 8.83 Å². The van der Waals surface area contributed by atoms with Gasteiger partial charge in [0.1, 0.15) is 11.5 Å². The SMILES string of the molecule is Cc1cc2c(cc1Cc1ccc(C(=O)NCCCNC(=O)c3ccc(Cc4cc5c(cc4C)C(C)(C)CCC5(C)C)o3)o1)C(C)(C)C=CC2(C)C. The molecule has 0 radical (unpaired) electrons. The van der Waals surface area contributed by atoms with Gasteiger partial charge in [0.15, 0.2) is 11.5 Å². The summed E-state index contributed by atoms with van der Waals surface area (Å²) in [5.41, 5.74) is 10.8. The number of fused-ring (bicyclic) bond motifs is 2. The second-order valence-electron chi connectivity index (χ2n) is 17.4. The third kappa shape index (κ3) is 7.52. The van der Waals surface area contributed by atoms with Crippen molar-refractivity contribution in [1.29, 1.82) is 0 Å². The summed E-state index contributed by atoms with van der Waals surface area (Å²) < 4.78 is 12.0. The molecule has 2 aliphatic rings. The first-order chi connectivity index (χ1) is 23.9. The lowest BCUT2D eigenvalue weighted by atomic mass is 9.62. The lowest BCUT2D eigenvalue weighted by molar-refractivity contribution is 0.0921. The number of allylic oxidation sites excluding steroid dienone is 2. The van der Waals surface area contributed by atoms with Crippen LogP contribution in [-0.2, 0) is 34.5 Å². The maximum atomic E-state index is 12.9. The number of rotatable bonds is 10. The van der Waals surface area contributed by atoms with E-state index in [0.29, 0.717) is 43.9 Å². The molecular weight excluding hydrogens is 633 g/mol. The third-order valence-corrected chi connectivity index (χ3v) is 11.5. The van der Waals surface area contributed by atoms with Crippen molar-refractivity contribution in [3.8, 4) is 0 Å². The molecule has 6 heteroatoms. The summed E-state index contributed by atoms with van der Waals surface area (Å²) in [6.07, 6.45) is 8.81. The topological polar surface area (TPSA) is 84.5 Å². The molecule has 0 unspecified atom stereocenters. The van der Waals surface area contributed by atoms with Crippen molar-refractivity contribution in [3.63, 3.8) is 0 Å². The summed E-state index contributed by atoms with van der Waals surface area (Å²) in [6.45, 7) is 23.5. The van der Waals surface area contributed by atoms with E-state index >= 15 is 0 Å². The number of carbonyl (C=O) groups excluding carboxylic acids is 2. The van der Waals surface area contributed by atoms with Gasteiger partial charge in [-0.1, -0.05) is 91.8 Å². The van der Waals surface area contributed by atoms with Crippen molar-refractivity contribution in [2.24, 2.45) is 0 Å². The highest BCUT2D eigenvalue weighted by atomic mass is 16.4. The first kappa shape index (κ1) is 36.5. The highest BCUT2D eigenvalue weighted by Crippen LogP contribution is 2.47. The molecule has 2 N–H and O–H groups in total. The minimum atomic E-state index is -0.261. The lowest BCUT2D eigenvalue weighted by Crippen LogP contribution is -2.34. The molecule has 0 aliphatic heterocycles. The summed E-state index contributed by atoms with van der Waals surface area (Å²) in [7, 11) is 0. The van der Waals surface area contributed by atoms with Crippen LogP contribution in [0.25, 0.3) is 0 Å². The van der Waals surface area contributed by atoms with Gasteiger partial charge in [0.05, 0.1) is 0 Å². The molecule has 2 aromatic carbocycles. The van der Waals surface area contributed by atoms with Crippen LogP contribution in [-0.4, -0.2) is 24.9 Å². The van der Waals surface area contributed by atoms with Crippen LogP contribution >= 0.6 is 0 Å². The second kappa shape index (κ2) is 13.3. The molecular formula is C45H56N2O4. The largest absolute Gasteiger partial charge is 0.456 e. The molecule has 270 valence electrons. The fourth-order valence-corrected chi connectivity index (χ4v) is 7.79. The number of hydrogen-bond donors (Lipinski definition) is 2. The van der Waals surface area contributed by atoms with Gasteiger partial charge in [-0.05, 0) is 113 Å². The Morgan fingerprint density at radius 1 is 0.588 bits per heavy atom. The quantitative estimate of drug-likeness (QED) is 0.128. The number of benzene rings is 2. The van der Waals surface area contributed by atoms with Gasteiger partial charge in [0.2, 0.25) is 0 Å². The molecule has 0 fully saturated rings. The highest BCUT2D eigenvalue weighted by molar-refractivity contribution is 5.92. The number of carbonyl (C=O) groups is 2. The van der Waals surface area contributed by atoms with Gasteiger partial charge in [-0.3, -0.25) is 9.59 Å². The molecule has 0 atom stereocenters. The van der Waals surface area contributed by atoms with Gasteiger partial charge < -0.3 is 19.5 Å². The molecule has 6 rings (SSSR count). The Morgan fingerprint density at radius 2 is 0.980 bits per heavy atom. The Bertz CT molecular complexity index is 2000. The zero-order valence-corrected chi connectivity index (χ0v) is 32.4. The maximum Gasteiger partial charge on any atom is 0.286 e. The first-order valence-electron chi connectivity index (χ1n) is 18.6. The highest BCUT2D eigenvalue weighted by Gasteiger charge is 2.37. The van der Waals surface area contributed by atoms with E-state index in [2.05, 4.69) is 116 Å². The second-order valence-corrected chi connectivity index (χ2v) is 17.4. The first-order valence-corrected chi connectivity index (χ1v) is 18.6. The molecule has 6 nitrogen and oxygen atoms in total. The van der Waals surface area contributed by atoms with Crippen molar-refractivity contribution in [2.75, 3.05) is 13.1 Å². The number of hydrogen-bond acceptors (Lipinski definition) is 4. The van der Waals surface area contributed by atoms with Gasteiger partial charge in [-0.2, -0.15) is 0 Å². The fourth-order valence-electron chi connectivity index (χ4n) is 7.79. The average Bonchev–Trinajstić information content (AvgIpc) is 3.73. The van der Waals surface area contributed by atoms with Gasteiger partial charge in [0, 0.05) is 36.8 Å². The van der Waals surface area contributed by atoms with E-state index in [1.807, 2.05) is 12.1 Å². The Labute approximate surface area is 304 Å². The van der Waals surface area contributed by atoms with Gasteiger partial charge >= 0.3 is 0 Å². The third-order valence-electron chi connectivity index (χ3n) is 11.5. The summed E-state index contributed by atoms with van der Waals surface area (Å²) in [5.74, 6) is 1.60. The van der Waals surface area contributed by atoms with E-state index in [1.54, 1.807) is 12.1 Å². The van der Waals surface area contributed by atoms with Gasteiger partial charge in [0.25, 0.3) is 11.8 Å². The van der Waals surface area contributed by atoms with Crippen LogP contribution in [0.2, 0.25) is 0 Å². The number of furan rings is 2. The van der Waals surface area contributed by atoms with E-state index in [1.165, 1.54) is 57.3 Å². The van der Waals surface area contributed by atoms with Crippen LogP contribution in [0, 0.1) is 13.8 Å². The van der Waals surface area contributed by atoms with Crippen molar-refractivity contribution >= 4 is 11.8 Å². The standard InChI is InChI=1S/C45H56N2O4/c1-28-22-34-36(44(7,8)18-16-42(34,3)4)26-30(28)24-32-12-14-38(50-32)40(48)46-20-11-21-47-41(49)39-15-13-33(51-39)25-31-27-37-35(23-29(31)2)43(5,6)17-19-45(37,9)10/h12-16,18,22-23,26-27H,11,17,19-21,24-25H2,1-10H3,(H,46,48)(H,47,49). The Balaban J connectivity index is 0.981. The fraction of sp³-hybridized carbons (Fsp3) is 0.467. The van der Waals surface area contributed by atoms with Crippen molar-refractivity contribution < 1.29 is 18.4 Å². The molecule has 2 amide bonds. The normalized spacial score (nSPS) is 17.8. The minimum Gasteiger partial charge on any atom is -0.456 e. The zero-order valence-electron chi connectivity index (χ0n) is 32.4. The van der Waals surface area contributed by atoms with E-state index in [0.717, 1.165) is 11.5 Å². The number of aryl methyl sites for hydroxylation is 2. The van der Waals surface area contributed by atoms with Crippen LogP contribution in [0.1, 0.15) is 152 Å². The molecule has 51 heavy (non-hydrogen) atoms. The van der Waals surface area contributed by atoms with Crippen LogP contribution in [0.4, 0.5) is 0 Å². The summed E-state index contributed by atoms with van der Waals surface area (Å²) >= 11 is 0. The van der Waals surface area contributed by atoms with Crippen LogP contribution in [0.3, 0.4) is 0 Å². The molecule has 2 aliphatic carbocycles. The number of nitrogens with one attached hydrogen (secondary N) is 2. The molecule has 4 aromatic rings. The van der Waals surface area contributed by atoms with Gasteiger partial charge in [-0.15, -0.1) is 0 Å². The van der Waals surface area contributed by atoms with E-state index < -0.39 is 0 Å². The molecule has 0 spiro atoms. The van der Waals surface area contributed by atoms with Crippen LogP contribution in [0.5, 0.6) is 0 Å². The molecule has 0 saturated carbocycles. The van der Waals surface area contributed by atoms with Crippen LogP contribution < -0.4 is 10.6 Å². The molecule has 2 aromatic heterocycles. The monoisotopic (exact) mass is 688 g/mol. The van der Waals surface area contributed by atoms with E-state index in [-0.39, 0.29) is 33.5 Å².